The van der Waals surface area contributed by atoms with Crippen molar-refractivity contribution in [1.29, 1.82) is 0 Å². The Kier molecular flexibility index (Phi) is 4.48. The molecular formula is C20H19ClN2OS. The molecule has 0 N–H and O–H groups in total. The molecule has 0 amide bonds. The van der Waals surface area contributed by atoms with Crippen LogP contribution >= 0.6 is 22.9 Å². The zero-order valence-corrected chi connectivity index (χ0v) is 15.8. The Bertz CT molecular complexity index is 905. The standard InChI is InChI=1S/C20H19ClN2OS/c1-3-13-4-6-14(7-5-13)24-20-15-10-12(2)11-16(15)22-19(23-20)17-8-9-18(21)25-17/h4-9,12H,3,10-11H2,1-2H3. The molecule has 4 rings (SSSR count). The van der Waals surface area contributed by atoms with Crippen molar-refractivity contribution in [1.82, 2.24) is 9.97 Å². The Morgan fingerprint density at radius 3 is 2.60 bits per heavy atom. The van der Waals surface area contributed by atoms with Gasteiger partial charge < -0.3 is 4.74 Å². The average Bonchev–Trinajstić information content (AvgIpc) is 3.20. The maximum absolute atomic E-state index is 6.16. The SMILES string of the molecule is CCc1ccc(Oc2nc(-c3ccc(Cl)s3)nc3c2CC(C)C3)cc1. The van der Waals surface area contributed by atoms with Gasteiger partial charge in [-0.05, 0) is 55.0 Å². The summed E-state index contributed by atoms with van der Waals surface area (Å²) in [6, 6.07) is 12.1. The highest BCUT2D eigenvalue weighted by Gasteiger charge is 2.26. The van der Waals surface area contributed by atoms with Crippen molar-refractivity contribution in [2.75, 3.05) is 0 Å². The first kappa shape index (κ1) is 16.6. The lowest BCUT2D eigenvalue weighted by molar-refractivity contribution is 0.454. The molecule has 0 bridgehead atoms. The fourth-order valence-electron chi connectivity index (χ4n) is 3.17. The summed E-state index contributed by atoms with van der Waals surface area (Å²) in [6.45, 7) is 4.39. The minimum Gasteiger partial charge on any atom is -0.439 e. The predicted octanol–water partition coefficient (Wildman–Crippen LogP) is 5.95. The molecule has 25 heavy (non-hydrogen) atoms. The number of aromatic nitrogens is 2. The average molecular weight is 371 g/mol. The van der Waals surface area contributed by atoms with E-state index in [1.54, 1.807) is 0 Å². The van der Waals surface area contributed by atoms with E-state index < -0.39 is 0 Å². The van der Waals surface area contributed by atoms with E-state index in [2.05, 4.69) is 26.0 Å². The Morgan fingerprint density at radius 1 is 1.12 bits per heavy atom. The van der Waals surface area contributed by atoms with Gasteiger partial charge in [0.15, 0.2) is 5.82 Å². The summed E-state index contributed by atoms with van der Waals surface area (Å²) in [6.07, 6.45) is 2.95. The van der Waals surface area contributed by atoms with Crippen molar-refractivity contribution < 1.29 is 4.74 Å². The molecule has 0 fully saturated rings. The van der Waals surface area contributed by atoms with Crippen LogP contribution in [-0.4, -0.2) is 9.97 Å². The van der Waals surface area contributed by atoms with Gasteiger partial charge in [-0.15, -0.1) is 11.3 Å². The number of hydrogen-bond acceptors (Lipinski definition) is 4. The lowest BCUT2D eigenvalue weighted by Crippen LogP contribution is -2.00. The number of hydrogen-bond donors (Lipinski definition) is 0. The first-order valence-corrected chi connectivity index (χ1v) is 9.74. The number of ether oxygens (including phenoxy) is 1. The minimum atomic E-state index is 0.566. The normalized spacial score (nSPS) is 16.0. The molecule has 2 heterocycles. The van der Waals surface area contributed by atoms with Crippen molar-refractivity contribution in [3.8, 4) is 22.3 Å². The summed E-state index contributed by atoms with van der Waals surface area (Å²) in [7, 11) is 0. The van der Waals surface area contributed by atoms with Gasteiger partial charge in [-0.2, -0.15) is 4.98 Å². The predicted molar refractivity (Wildman–Crippen MR) is 103 cm³/mol. The monoisotopic (exact) mass is 370 g/mol. The van der Waals surface area contributed by atoms with E-state index in [-0.39, 0.29) is 0 Å². The fraction of sp³-hybridized carbons (Fsp3) is 0.300. The van der Waals surface area contributed by atoms with Crippen molar-refractivity contribution in [3.63, 3.8) is 0 Å². The summed E-state index contributed by atoms with van der Waals surface area (Å²) in [5.41, 5.74) is 3.53. The second kappa shape index (κ2) is 6.77. The topological polar surface area (TPSA) is 35.0 Å². The fourth-order valence-corrected chi connectivity index (χ4v) is 4.14. The molecule has 3 nitrogen and oxygen atoms in total. The van der Waals surface area contributed by atoms with E-state index in [1.807, 2.05) is 24.3 Å². The summed E-state index contributed by atoms with van der Waals surface area (Å²) in [5.74, 6) is 2.76. The van der Waals surface area contributed by atoms with Crippen LogP contribution in [0.4, 0.5) is 0 Å². The van der Waals surface area contributed by atoms with Crippen LogP contribution in [0.3, 0.4) is 0 Å². The number of rotatable bonds is 4. The van der Waals surface area contributed by atoms with Gasteiger partial charge in [0, 0.05) is 5.56 Å². The summed E-state index contributed by atoms with van der Waals surface area (Å²) in [5, 5.41) is 0. The van der Waals surface area contributed by atoms with Gasteiger partial charge in [0.05, 0.1) is 14.9 Å². The van der Waals surface area contributed by atoms with Crippen molar-refractivity contribution in [2.45, 2.75) is 33.1 Å². The maximum Gasteiger partial charge on any atom is 0.226 e. The van der Waals surface area contributed by atoms with Crippen LogP contribution in [0.25, 0.3) is 10.7 Å². The third-order valence-electron chi connectivity index (χ3n) is 4.49. The molecule has 0 radical (unpaired) electrons. The van der Waals surface area contributed by atoms with Crippen LogP contribution in [0, 0.1) is 5.92 Å². The highest BCUT2D eigenvalue weighted by Crippen LogP contribution is 2.37. The molecule has 1 unspecified atom stereocenters. The first-order chi connectivity index (χ1) is 12.1. The van der Waals surface area contributed by atoms with Crippen molar-refractivity contribution in [2.24, 2.45) is 5.92 Å². The number of nitrogens with zero attached hydrogens (tertiary/aromatic N) is 2. The van der Waals surface area contributed by atoms with Crippen LogP contribution in [0.1, 0.15) is 30.7 Å². The van der Waals surface area contributed by atoms with Crippen LogP contribution in [0.5, 0.6) is 11.6 Å². The smallest absolute Gasteiger partial charge is 0.226 e. The highest BCUT2D eigenvalue weighted by molar-refractivity contribution is 7.19. The van der Waals surface area contributed by atoms with E-state index >= 15 is 0 Å². The van der Waals surface area contributed by atoms with Gasteiger partial charge in [0.1, 0.15) is 5.75 Å². The Hall–Kier alpha value is -1.91. The van der Waals surface area contributed by atoms with E-state index in [0.29, 0.717) is 17.6 Å². The molecule has 128 valence electrons. The summed E-state index contributed by atoms with van der Waals surface area (Å²) >= 11 is 7.57. The molecular weight excluding hydrogens is 352 g/mol. The number of benzene rings is 1. The molecule has 5 heteroatoms. The lowest BCUT2D eigenvalue weighted by Gasteiger charge is -2.11. The van der Waals surface area contributed by atoms with E-state index in [1.165, 1.54) is 16.9 Å². The first-order valence-electron chi connectivity index (χ1n) is 8.54. The molecule has 0 saturated heterocycles. The molecule has 2 aromatic heterocycles. The van der Waals surface area contributed by atoms with Crippen LogP contribution in [0.15, 0.2) is 36.4 Å². The second-order valence-corrected chi connectivity index (χ2v) is 8.21. The van der Waals surface area contributed by atoms with Gasteiger partial charge in [-0.3, -0.25) is 0 Å². The van der Waals surface area contributed by atoms with Gasteiger partial charge in [0.25, 0.3) is 0 Å². The zero-order valence-electron chi connectivity index (χ0n) is 14.3. The van der Waals surface area contributed by atoms with Crippen LogP contribution in [-0.2, 0) is 19.3 Å². The van der Waals surface area contributed by atoms with Crippen LogP contribution in [0.2, 0.25) is 4.34 Å². The molecule has 1 atom stereocenters. The highest BCUT2D eigenvalue weighted by atomic mass is 35.5. The van der Waals surface area contributed by atoms with E-state index in [9.17, 15) is 0 Å². The number of fused-ring (bicyclic) bond motifs is 1. The third-order valence-corrected chi connectivity index (χ3v) is 5.72. The second-order valence-electron chi connectivity index (χ2n) is 6.49. The van der Waals surface area contributed by atoms with Crippen molar-refractivity contribution in [3.05, 3.63) is 57.6 Å². The van der Waals surface area contributed by atoms with Crippen LogP contribution < -0.4 is 4.74 Å². The van der Waals surface area contributed by atoms with E-state index in [4.69, 9.17) is 26.3 Å². The van der Waals surface area contributed by atoms with Crippen molar-refractivity contribution >= 4 is 22.9 Å². The van der Waals surface area contributed by atoms with Gasteiger partial charge in [0.2, 0.25) is 5.88 Å². The summed E-state index contributed by atoms with van der Waals surface area (Å²) in [4.78, 5) is 10.5. The Labute approximate surface area is 156 Å². The molecule has 0 aliphatic heterocycles. The third kappa shape index (κ3) is 3.42. The largest absolute Gasteiger partial charge is 0.439 e. The number of halogens is 1. The quantitative estimate of drug-likeness (QED) is 0.569. The Morgan fingerprint density at radius 2 is 1.92 bits per heavy atom. The summed E-state index contributed by atoms with van der Waals surface area (Å²) < 4.78 is 6.90. The van der Waals surface area contributed by atoms with E-state index in [0.717, 1.165) is 45.5 Å². The van der Waals surface area contributed by atoms with Gasteiger partial charge in [-0.1, -0.05) is 37.6 Å². The lowest BCUT2D eigenvalue weighted by atomic mass is 10.1. The maximum atomic E-state index is 6.16. The molecule has 0 saturated carbocycles. The minimum absolute atomic E-state index is 0.566. The number of aryl methyl sites for hydroxylation is 1. The molecule has 1 aliphatic rings. The Balaban J connectivity index is 1.73. The molecule has 0 spiro atoms. The number of thiophene rings is 1. The molecule has 1 aliphatic carbocycles. The molecule has 1 aromatic carbocycles. The van der Waals surface area contributed by atoms with Gasteiger partial charge >= 0.3 is 0 Å². The van der Waals surface area contributed by atoms with Gasteiger partial charge in [-0.25, -0.2) is 4.98 Å². The molecule has 3 aromatic rings. The zero-order chi connectivity index (χ0) is 17.4.